The van der Waals surface area contributed by atoms with Crippen LogP contribution in [-0.2, 0) is 0 Å². The Bertz CT molecular complexity index is 719. The highest BCUT2D eigenvalue weighted by atomic mass is 16.3. The summed E-state index contributed by atoms with van der Waals surface area (Å²) in [7, 11) is 0. The average Bonchev–Trinajstić information content (AvgIpc) is 2.59. The Labute approximate surface area is 151 Å². The van der Waals surface area contributed by atoms with E-state index < -0.39 is 5.60 Å². The zero-order valence-corrected chi connectivity index (χ0v) is 15.5. The van der Waals surface area contributed by atoms with Crippen molar-refractivity contribution in [1.29, 1.82) is 0 Å². The highest BCUT2D eigenvalue weighted by Crippen LogP contribution is 2.44. The molecule has 3 rings (SSSR count). The Morgan fingerprint density at radius 3 is 2.08 bits per heavy atom. The predicted molar refractivity (Wildman–Crippen MR) is 105 cm³/mol. The third kappa shape index (κ3) is 3.70. The molecule has 0 aromatic heterocycles. The number of aryl methyl sites for hydroxylation is 2. The minimum atomic E-state index is -0.752. The summed E-state index contributed by atoms with van der Waals surface area (Å²) in [6.45, 7) is 10.2. The van der Waals surface area contributed by atoms with Crippen molar-refractivity contribution in [1.82, 2.24) is 5.32 Å². The maximum absolute atomic E-state index is 11.4. The van der Waals surface area contributed by atoms with Crippen LogP contribution in [-0.4, -0.2) is 10.7 Å². The lowest BCUT2D eigenvalue weighted by Crippen LogP contribution is -2.51. The molecular formula is C23H29NO. The fraction of sp³-hybridized carbons (Fsp3) is 0.391. The molecule has 4 atom stereocenters. The van der Waals surface area contributed by atoms with Crippen LogP contribution in [0.3, 0.4) is 0 Å². The van der Waals surface area contributed by atoms with Crippen molar-refractivity contribution < 1.29 is 5.11 Å². The van der Waals surface area contributed by atoms with Crippen molar-refractivity contribution in [3.63, 3.8) is 0 Å². The molecule has 2 aromatic carbocycles. The minimum absolute atomic E-state index is 0.106. The summed E-state index contributed by atoms with van der Waals surface area (Å²) in [6.07, 6.45) is 3.16. The predicted octanol–water partition coefficient (Wildman–Crippen LogP) is 5.02. The summed E-state index contributed by atoms with van der Waals surface area (Å²) >= 11 is 0. The van der Waals surface area contributed by atoms with Gasteiger partial charge in [0.05, 0.1) is 5.60 Å². The Morgan fingerprint density at radius 2 is 1.56 bits per heavy atom. The molecule has 0 radical (unpaired) electrons. The van der Waals surface area contributed by atoms with Gasteiger partial charge in [0.15, 0.2) is 0 Å². The molecule has 0 bridgehead atoms. The molecule has 132 valence electrons. The Balaban J connectivity index is 1.97. The van der Waals surface area contributed by atoms with Gasteiger partial charge in [-0.2, -0.15) is 0 Å². The highest BCUT2D eigenvalue weighted by molar-refractivity contribution is 5.30. The fourth-order valence-electron chi connectivity index (χ4n) is 3.96. The number of rotatable bonds is 4. The number of aliphatic hydroxyl groups is 1. The van der Waals surface area contributed by atoms with Crippen molar-refractivity contribution >= 4 is 0 Å². The molecule has 0 aliphatic carbocycles. The van der Waals surface area contributed by atoms with Crippen molar-refractivity contribution in [2.45, 2.75) is 51.3 Å². The monoisotopic (exact) mass is 335 g/mol. The standard InChI is InChI=1S/C23H29NO/c1-5-14-23(25)15-21(19-10-6-16(2)7-11-19)24-22(18(23)4)20-12-8-17(3)9-13-20/h5-13,18,21-22,24-25H,1,14-15H2,2-4H3/t18-,21+,22-,23-/m0/s1. The van der Waals surface area contributed by atoms with E-state index in [1.807, 2.05) is 6.08 Å². The van der Waals surface area contributed by atoms with Crippen LogP contribution in [0, 0.1) is 19.8 Å². The molecule has 1 heterocycles. The van der Waals surface area contributed by atoms with Crippen LogP contribution in [0.5, 0.6) is 0 Å². The van der Waals surface area contributed by atoms with Gasteiger partial charge in [-0.15, -0.1) is 6.58 Å². The maximum atomic E-state index is 11.4. The first-order chi connectivity index (χ1) is 11.9. The van der Waals surface area contributed by atoms with E-state index >= 15 is 0 Å². The lowest BCUT2D eigenvalue weighted by molar-refractivity contribution is -0.0654. The summed E-state index contributed by atoms with van der Waals surface area (Å²) in [5, 5.41) is 15.2. The second-order valence-electron chi connectivity index (χ2n) is 7.61. The van der Waals surface area contributed by atoms with Crippen LogP contribution in [0.15, 0.2) is 61.2 Å². The summed E-state index contributed by atoms with van der Waals surface area (Å²) in [5.74, 6) is 0.106. The van der Waals surface area contributed by atoms with Crippen LogP contribution in [0.2, 0.25) is 0 Å². The average molecular weight is 335 g/mol. The van der Waals surface area contributed by atoms with Crippen LogP contribution in [0.4, 0.5) is 0 Å². The number of hydrogen-bond donors (Lipinski definition) is 2. The van der Waals surface area contributed by atoms with Gasteiger partial charge in [0.25, 0.3) is 0 Å². The van der Waals surface area contributed by atoms with Crippen LogP contribution in [0.1, 0.15) is 54.1 Å². The molecular weight excluding hydrogens is 306 g/mol. The van der Waals surface area contributed by atoms with E-state index in [0.29, 0.717) is 12.8 Å². The van der Waals surface area contributed by atoms with Crippen LogP contribution >= 0.6 is 0 Å². The normalized spacial score (nSPS) is 29.4. The second kappa shape index (κ2) is 7.15. The molecule has 0 saturated carbocycles. The van der Waals surface area contributed by atoms with Crippen molar-refractivity contribution in [3.05, 3.63) is 83.4 Å². The molecule has 0 spiro atoms. The number of hydrogen-bond acceptors (Lipinski definition) is 2. The van der Waals surface area contributed by atoms with Gasteiger partial charge >= 0.3 is 0 Å². The Morgan fingerprint density at radius 1 is 1.04 bits per heavy atom. The van der Waals surface area contributed by atoms with Gasteiger partial charge in [-0.3, -0.25) is 0 Å². The Hall–Kier alpha value is -1.90. The van der Waals surface area contributed by atoms with E-state index in [2.05, 4.69) is 81.2 Å². The zero-order chi connectivity index (χ0) is 18.0. The van der Waals surface area contributed by atoms with E-state index in [1.165, 1.54) is 22.3 Å². The van der Waals surface area contributed by atoms with Gasteiger partial charge in [0.1, 0.15) is 0 Å². The van der Waals surface area contributed by atoms with E-state index in [-0.39, 0.29) is 18.0 Å². The molecule has 2 N–H and O–H groups in total. The molecule has 1 saturated heterocycles. The molecule has 2 heteroatoms. The van der Waals surface area contributed by atoms with Crippen LogP contribution < -0.4 is 5.32 Å². The van der Waals surface area contributed by atoms with Crippen LogP contribution in [0.25, 0.3) is 0 Å². The van der Waals surface area contributed by atoms with E-state index in [9.17, 15) is 5.11 Å². The van der Waals surface area contributed by atoms with E-state index in [4.69, 9.17) is 0 Å². The molecule has 1 aliphatic heterocycles. The van der Waals surface area contributed by atoms with Gasteiger partial charge < -0.3 is 10.4 Å². The first kappa shape index (κ1) is 17.9. The van der Waals surface area contributed by atoms with Gasteiger partial charge in [0, 0.05) is 18.0 Å². The number of benzene rings is 2. The zero-order valence-electron chi connectivity index (χ0n) is 15.5. The second-order valence-corrected chi connectivity index (χ2v) is 7.61. The topological polar surface area (TPSA) is 32.3 Å². The molecule has 0 amide bonds. The minimum Gasteiger partial charge on any atom is -0.389 e. The van der Waals surface area contributed by atoms with Gasteiger partial charge in [-0.1, -0.05) is 72.7 Å². The third-order valence-corrected chi connectivity index (χ3v) is 5.70. The quantitative estimate of drug-likeness (QED) is 0.769. The molecule has 0 unspecified atom stereocenters. The summed E-state index contributed by atoms with van der Waals surface area (Å²) < 4.78 is 0. The lowest BCUT2D eigenvalue weighted by atomic mass is 9.70. The first-order valence-electron chi connectivity index (χ1n) is 9.15. The number of piperidine rings is 1. The van der Waals surface area contributed by atoms with Gasteiger partial charge in [-0.05, 0) is 37.8 Å². The molecule has 1 aliphatic rings. The maximum Gasteiger partial charge on any atom is 0.0743 e. The fourth-order valence-corrected chi connectivity index (χ4v) is 3.96. The highest BCUT2D eigenvalue weighted by Gasteiger charge is 2.45. The smallest absolute Gasteiger partial charge is 0.0743 e. The summed E-state index contributed by atoms with van der Waals surface area (Å²) in [6, 6.07) is 17.5. The van der Waals surface area contributed by atoms with E-state index in [1.54, 1.807) is 0 Å². The summed E-state index contributed by atoms with van der Waals surface area (Å²) in [5.41, 5.74) is 4.22. The van der Waals surface area contributed by atoms with Crippen molar-refractivity contribution in [3.8, 4) is 0 Å². The van der Waals surface area contributed by atoms with Gasteiger partial charge in [0.2, 0.25) is 0 Å². The lowest BCUT2D eigenvalue weighted by Gasteiger charge is -2.47. The molecule has 25 heavy (non-hydrogen) atoms. The SMILES string of the molecule is C=CC[C@]1(O)C[C@H](c2ccc(C)cc2)N[C@H](c2ccc(C)cc2)[C@@H]1C. The number of nitrogens with one attached hydrogen (secondary N) is 1. The molecule has 2 aromatic rings. The van der Waals surface area contributed by atoms with E-state index in [0.717, 1.165) is 0 Å². The van der Waals surface area contributed by atoms with Crippen molar-refractivity contribution in [2.24, 2.45) is 5.92 Å². The van der Waals surface area contributed by atoms with Crippen molar-refractivity contribution in [2.75, 3.05) is 0 Å². The Kier molecular flexibility index (Phi) is 5.12. The third-order valence-electron chi connectivity index (χ3n) is 5.70. The molecule has 2 nitrogen and oxygen atoms in total. The summed E-state index contributed by atoms with van der Waals surface area (Å²) in [4.78, 5) is 0. The molecule has 1 fully saturated rings. The van der Waals surface area contributed by atoms with Gasteiger partial charge in [-0.25, -0.2) is 0 Å². The largest absolute Gasteiger partial charge is 0.389 e. The first-order valence-corrected chi connectivity index (χ1v) is 9.15.